The lowest BCUT2D eigenvalue weighted by molar-refractivity contribution is 1.08. The zero-order chi connectivity index (χ0) is 7.68. The fraction of sp³-hybridized carbons (Fsp3) is 0.125. The molecule has 56 valence electrons. The van der Waals surface area contributed by atoms with E-state index in [9.17, 15) is 0 Å². The zero-order valence-electron chi connectivity index (χ0n) is 5.87. The maximum Gasteiger partial charge on any atom is 0.0791 e. The fourth-order valence-electron chi connectivity index (χ4n) is 1.13. The van der Waals surface area contributed by atoms with E-state index in [-0.39, 0.29) is 0 Å². The van der Waals surface area contributed by atoms with Gasteiger partial charge in [0.25, 0.3) is 0 Å². The summed E-state index contributed by atoms with van der Waals surface area (Å²) in [5.74, 6) is 0.467. The van der Waals surface area contributed by atoms with Crippen LogP contribution >= 0.6 is 11.6 Å². The number of alkyl halides is 1. The fourth-order valence-corrected chi connectivity index (χ4v) is 1.34. The van der Waals surface area contributed by atoms with Crippen molar-refractivity contribution < 1.29 is 0 Å². The van der Waals surface area contributed by atoms with E-state index in [0.29, 0.717) is 5.88 Å². The van der Waals surface area contributed by atoms with Crippen molar-refractivity contribution in [2.45, 2.75) is 5.88 Å². The first-order valence-corrected chi connectivity index (χ1v) is 3.92. The van der Waals surface area contributed by atoms with Gasteiger partial charge in [0, 0.05) is 18.6 Å². The van der Waals surface area contributed by atoms with Gasteiger partial charge in [-0.2, -0.15) is 0 Å². The van der Waals surface area contributed by atoms with Crippen LogP contribution in [-0.2, 0) is 5.88 Å². The number of aromatic nitrogens is 2. The smallest absolute Gasteiger partial charge is 0.0791 e. The van der Waals surface area contributed by atoms with E-state index in [1.54, 1.807) is 6.20 Å². The zero-order valence-corrected chi connectivity index (χ0v) is 6.62. The summed E-state index contributed by atoms with van der Waals surface area (Å²) in [6.07, 6.45) is 5.64. The predicted octanol–water partition coefficient (Wildman–Crippen LogP) is 2.07. The number of fused-ring (bicyclic) bond motifs is 1. The van der Waals surface area contributed by atoms with Crippen LogP contribution in [0.15, 0.2) is 30.7 Å². The molecular formula is C8H7ClN2. The van der Waals surface area contributed by atoms with Crippen LogP contribution in [0.25, 0.3) is 5.52 Å². The van der Waals surface area contributed by atoms with Crippen molar-refractivity contribution in [2.75, 3.05) is 0 Å². The van der Waals surface area contributed by atoms with Crippen molar-refractivity contribution in [2.24, 2.45) is 0 Å². The van der Waals surface area contributed by atoms with Crippen LogP contribution in [0.4, 0.5) is 0 Å². The normalized spacial score (nSPS) is 10.6. The van der Waals surface area contributed by atoms with Gasteiger partial charge in [-0.3, -0.25) is 4.98 Å². The van der Waals surface area contributed by atoms with Gasteiger partial charge in [0.15, 0.2) is 0 Å². The molecule has 0 aliphatic heterocycles. The van der Waals surface area contributed by atoms with Gasteiger partial charge >= 0.3 is 0 Å². The Balaban J connectivity index is 2.79. The van der Waals surface area contributed by atoms with Gasteiger partial charge in [-0.25, -0.2) is 0 Å². The topological polar surface area (TPSA) is 17.3 Å². The number of rotatable bonds is 1. The monoisotopic (exact) mass is 166 g/mol. The Morgan fingerprint density at radius 3 is 3.18 bits per heavy atom. The molecule has 2 aromatic rings. The molecule has 2 aromatic heterocycles. The highest BCUT2D eigenvalue weighted by Gasteiger charge is 1.98. The summed E-state index contributed by atoms with van der Waals surface area (Å²) < 4.78 is 2.00. The van der Waals surface area contributed by atoms with Gasteiger partial charge in [0.2, 0.25) is 0 Å². The van der Waals surface area contributed by atoms with Crippen LogP contribution < -0.4 is 0 Å². The summed E-state index contributed by atoms with van der Waals surface area (Å²) >= 11 is 5.69. The summed E-state index contributed by atoms with van der Waals surface area (Å²) in [5, 5.41) is 0. The molecule has 0 spiro atoms. The molecule has 0 aliphatic carbocycles. The first kappa shape index (κ1) is 6.68. The molecule has 0 unspecified atom stereocenters. The van der Waals surface area contributed by atoms with Gasteiger partial charge in [0.1, 0.15) is 0 Å². The van der Waals surface area contributed by atoms with Crippen molar-refractivity contribution in [3.05, 3.63) is 36.4 Å². The predicted molar refractivity (Wildman–Crippen MR) is 44.7 cm³/mol. The van der Waals surface area contributed by atoms with Crippen LogP contribution in [0.3, 0.4) is 0 Å². The summed E-state index contributed by atoms with van der Waals surface area (Å²) in [4.78, 5) is 4.14. The minimum absolute atomic E-state index is 0.467. The third-order valence-corrected chi connectivity index (χ3v) is 1.91. The average Bonchev–Trinajstić information content (AvgIpc) is 2.50. The third-order valence-electron chi connectivity index (χ3n) is 1.66. The van der Waals surface area contributed by atoms with Crippen molar-refractivity contribution >= 4 is 17.1 Å². The van der Waals surface area contributed by atoms with Crippen LogP contribution in [0.1, 0.15) is 5.69 Å². The number of halogens is 1. The van der Waals surface area contributed by atoms with Crippen molar-refractivity contribution in [1.82, 2.24) is 9.38 Å². The molecular weight excluding hydrogens is 160 g/mol. The summed E-state index contributed by atoms with van der Waals surface area (Å²) in [5.41, 5.74) is 2.02. The van der Waals surface area contributed by atoms with Crippen LogP contribution in [0, 0.1) is 0 Å². The van der Waals surface area contributed by atoms with E-state index in [2.05, 4.69) is 4.98 Å². The lowest BCUT2D eigenvalue weighted by atomic mass is 10.4. The molecule has 0 amide bonds. The van der Waals surface area contributed by atoms with Crippen LogP contribution in [-0.4, -0.2) is 9.38 Å². The van der Waals surface area contributed by atoms with Crippen molar-refractivity contribution in [3.8, 4) is 0 Å². The highest BCUT2D eigenvalue weighted by molar-refractivity contribution is 6.17. The van der Waals surface area contributed by atoms with Crippen LogP contribution in [0.2, 0.25) is 0 Å². The van der Waals surface area contributed by atoms with Gasteiger partial charge in [-0.05, 0) is 12.1 Å². The van der Waals surface area contributed by atoms with E-state index >= 15 is 0 Å². The van der Waals surface area contributed by atoms with Crippen molar-refractivity contribution in [1.29, 1.82) is 0 Å². The summed E-state index contributed by atoms with van der Waals surface area (Å²) in [7, 11) is 0. The molecule has 0 atom stereocenters. The maximum absolute atomic E-state index is 5.69. The Hall–Kier alpha value is -1.02. The molecule has 0 aromatic carbocycles. The molecule has 0 radical (unpaired) electrons. The molecule has 0 aliphatic rings. The maximum atomic E-state index is 5.69. The van der Waals surface area contributed by atoms with E-state index in [1.165, 1.54) is 0 Å². The van der Waals surface area contributed by atoms with Crippen LogP contribution in [0.5, 0.6) is 0 Å². The average molecular weight is 167 g/mol. The molecule has 3 heteroatoms. The van der Waals surface area contributed by atoms with Gasteiger partial charge < -0.3 is 4.40 Å². The van der Waals surface area contributed by atoms with E-state index in [0.717, 1.165) is 11.2 Å². The second kappa shape index (κ2) is 2.55. The largest absolute Gasteiger partial charge is 0.321 e. The molecule has 2 rings (SSSR count). The Morgan fingerprint density at radius 1 is 1.45 bits per heavy atom. The second-order valence-corrected chi connectivity index (χ2v) is 2.58. The van der Waals surface area contributed by atoms with Crippen molar-refractivity contribution in [3.63, 3.8) is 0 Å². The summed E-state index contributed by atoms with van der Waals surface area (Å²) in [6, 6.07) is 3.98. The highest BCUT2D eigenvalue weighted by atomic mass is 35.5. The van der Waals surface area contributed by atoms with E-state index < -0.39 is 0 Å². The van der Waals surface area contributed by atoms with Gasteiger partial charge in [0.05, 0.1) is 17.1 Å². The Labute approximate surface area is 69.4 Å². The Morgan fingerprint density at radius 2 is 2.36 bits per heavy atom. The first-order valence-electron chi connectivity index (χ1n) is 3.38. The number of hydrogen-bond donors (Lipinski definition) is 0. The van der Waals surface area contributed by atoms with E-state index in [1.807, 2.05) is 28.9 Å². The van der Waals surface area contributed by atoms with E-state index in [4.69, 9.17) is 11.6 Å². The molecule has 0 saturated carbocycles. The standard InChI is InChI=1S/C8H7ClN2/c9-6-7-8-2-1-4-11(8)5-3-10-7/h1-5H,6H2. The Kier molecular flexibility index (Phi) is 1.55. The highest BCUT2D eigenvalue weighted by Crippen LogP contribution is 2.10. The molecule has 0 bridgehead atoms. The third kappa shape index (κ3) is 0.994. The number of nitrogens with zero attached hydrogens (tertiary/aromatic N) is 2. The second-order valence-electron chi connectivity index (χ2n) is 2.31. The Bertz CT molecular complexity index is 367. The quantitative estimate of drug-likeness (QED) is 0.593. The minimum atomic E-state index is 0.467. The SMILES string of the molecule is ClCc1nccn2cccc12. The molecule has 11 heavy (non-hydrogen) atoms. The molecule has 0 saturated heterocycles. The summed E-state index contributed by atoms with van der Waals surface area (Å²) in [6.45, 7) is 0. The number of hydrogen-bond acceptors (Lipinski definition) is 1. The molecule has 2 nitrogen and oxygen atoms in total. The lowest BCUT2D eigenvalue weighted by Gasteiger charge is -1.97. The first-order chi connectivity index (χ1) is 5.42. The molecule has 2 heterocycles. The molecule has 0 fully saturated rings. The van der Waals surface area contributed by atoms with Gasteiger partial charge in [-0.15, -0.1) is 11.6 Å². The van der Waals surface area contributed by atoms with Gasteiger partial charge in [-0.1, -0.05) is 0 Å². The lowest BCUT2D eigenvalue weighted by Crippen LogP contribution is -1.90. The molecule has 0 N–H and O–H groups in total. The minimum Gasteiger partial charge on any atom is -0.321 e.